The van der Waals surface area contributed by atoms with Crippen molar-refractivity contribution in [2.24, 2.45) is 15.4 Å². The topological polar surface area (TPSA) is 100 Å². The van der Waals surface area contributed by atoms with Gasteiger partial charge in [-0.2, -0.15) is 5.10 Å². The zero-order valence-corrected chi connectivity index (χ0v) is 22.3. The summed E-state index contributed by atoms with van der Waals surface area (Å²) in [5.41, 5.74) is 4.65. The third-order valence-corrected chi connectivity index (χ3v) is 7.18. The van der Waals surface area contributed by atoms with Crippen LogP contribution in [0.2, 0.25) is 0 Å². The molecule has 1 atom stereocenters. The van der Waals surface area contributed by atoms with Crippen LogP contribution < -0.4 is 15.0 Å². The fourth-order valence-electron chi connectivity index (χ4n) is 4.11. The summed E-state index contributed by atoms with van der Waals surface area (Å²) >= 11 is 1.74. The molecular weight excluding hydrogens is 492 g/mol. The number of rotatable bonds is 10. The second-order valence-electron chi connectivity index (χ2n) is 8.20. The van der Waals surface area contributed by atoms with E-state index in [2.05, 4.69) is 32.6 Å². The van der Waals surface area contributed by atoms with Crippen LogP contribution in [0.3, 0.4) is 0 Å². The normalized spacial score (nSPS) is 17.0. The van der Waals surface area contributed by atoms with E-state index in [1.165, 1.54) is 12.0 Å². The highest BCUT2D eigenvalue weighted by Crippen LogP contribution is 2.44. The molecule has 194 valence electrons. The van der Waals surface area contributed by atoms with Crippen LogP contribution >= 0.6 is 11.8 Å². The molecule has 37 heavy (non-hydrogen) atoms. The number of nitrogens with one attached hydrogen (secondary N) is 1. The molecule has 11 heteroatoms. The lowest BCUT2D eigenvalue weighted by Gasteiger charge is -2.25. The first-order valence-corrected chi connectivity index (χ1v) is 12.5. The van der Waals surface area contributed by atoms with Crippen LogP contribution in [0.5, 0.6) is 5.75 Å². The van der Waals surface area contributed by atoms with Crippen LogP contribution in [0.1, 0.15) is 30.0 Å². The number of hydrazone groups is 1. The maximum absolute atomic E-state index is 12.4. The molecule has 10 nitrogen and oxygen atoms in total. The highest BCUT2D eigenvalue weighted by molar-refractivity contribution is 8.04. The molecule has 0 saturated carbocycles. The number of nitrogens with zero attached hydrogens (tertiary/aromatic N) is 5. The number of aryl methyl sites for hydroxylation is 1. The number of allylic oxidation sites excluding steroid dienone is 2. The summed E-state index contributed by atoms with van der Waals surface area (Å²) in [6.45, 7) is 4.17. The number of amides is 1. The Kier molecular flexibility index (Phi) is 8.34. The highest BCUT2D eigenvalue weighted by atomic mass is 32.2. The largest absolute Gasteiger partial charge is 0.497 e. The summed E-state index contributed by atoms with van der Waals surface area (Å²) in [6, 6.07) is 13.6. The summed E-state index contributed by atoms with van der Waals surface area (Å²) < 4.78 is 5.26. The molecule has 0 spiro atoms. The number of ether oxygens (including phenoxy) is 1. The van der Waals surface area contributed by atoms with E-state index in [-0.39, 0.29) is 23.7 Å². The number of methoxy groups -OCH3 is 1. The van der Waals surface area contributed by atoms with Gasteiger partial charge in [-0.05, 0) is 43.7 Å². The second kappa shape index (κ2) is 11.8. The molecule has 2 aliphatic heterocycles. The lowest BCUT2D eigenvalue weighted by atomic mass is 9.97. The first kappa shape index (κ1) is 26.1. The van der Waals surface area contributed by atoms with Crippen LogP contribution in [-0.4, -0.2) is 55.9 Å². The molecule has 0 bridgehead atoms. The quantitative estimate of drug-likeness (QED) is 0.372. The zero-order valence-electron chi connectivity index (χ0n) is 21.5. The van der Waals surface area contributed by atoms with Crippen molar-refractivity contribution in [2.45, 2.75) is 32.4 Å². The number of fused-ring (bicyclic) bond motifs is 1. The number of thioether (sulfide) groups is 1. The van der Waals surface area contributed by atoms with Crippen molar-refractivity contribution in [2.75, 3.05) is 26.2 Å². The van der Waals surface area contributed by atoms with Gasteiger partial charge >= 0.3 is 0 Å². The van der Waals surface area contributed by atoms with Gasteiger partial charge in [0.05, 0.1) is 12.8 Å². The smallest absolute Gasteiger partial charge is 0.273 e. The van der Waals surface area contributed by atoms with Crippen molar-refractivity contribution in [3.8, 4) is 5.75 Å². The van der Waals surface area contributed by atoms with Crippen LogP contribution in [0, 0.1) is 6.92 Å². The third kappa shape index (κ3) is 5.56. The average Bonchev–Trinajstić information content (AvgIpc) is 3.45. The van der Waals surface area contributed by atoms with E-state index in [9.17, 15) is 4.79 Å². The Morgan fingerprint density at radius 2 is 1.97 bits per heavy atom. The SMILES string of the molecule is CNC(=O)C(=NOC)c1c(C)cccc1CON=CCC1=C(C)SC2N1N=CN2c1ccc(OC)cc1. The van der Waals surface area contributed by atoms with E-state index >= 15 is 0 Å². The van der Waals surface area contributed by atoms with Gasteiger partial charge in [0.25, 0.3) is 5.91 Å². The van der Waals surface area contributed by atoms with E-state index in [1.807, 2.05) is 60.7 Å². The first-order chi connectivity index (χ1) is 18.0. The van der Waals surface area contributed by atoms with Gasteiger partial charge in [0.15, 0.2) is 11.2 Å². The Morgan fingerprint density at radius 3 is 2.68 bits per heavy atom. The summed E-state index contributed by atoms with van der Waals surface area (Å²) in [5, 5.41) is 17.3. The van der Waals surface area contributed by atoms with Gasteiger partial charge in [-0.25, -0.2) is 5.01 Å². The lowest BCUT2D eigenvalue weighted by Crippen LogP contribution is -2.33. The molecule has 2 heterocycles. The maximum Gasteiger partial charge on any atom is 0.273 e. The standard InChI is InChI=1S/C26H30N6O4S/c1-17-7-6-8-19(23(17)24(30-35-5)25(33)27-3)15-36-29-14-13-22-18(2)37-26-31(16-28-32(22)26)20-9-11-21(34-4)12-10-20/h6-12,14,16,26H,13,15H2,1-5H3,(H,27,33). The Bertz CT molecular complexity index is 1260. The Labute approximate surface area is 220 Å². The molecule has 2 aromatic carbocycles. The van der Waals surface area contributed by atoms with Gasteiger partial charge in [-0.3, -0.25) is 9.69 Å². The summed E-state index contributed by atoms with van der Waals surface area (Å²) in [7, 11) is 4.61. The number of hydrogen-bond acceptors (Lipinski definition) is 10. The number of likely N-dealkylation sites (N-methyl/N-ethyl adjacent to an activating group) is 1. The van der Waals surface area contributed by atoms with Gasteiger partial charge in [-0.15, -0.1) is 0 Å². The average molecular weight is 523 g/mol. The third-order valence-electron chi connectivity index (χ3n) is 5.96. The van der Waals surface area contributed by atoms with E-state index in [1.54, 1.807) is 32.1 Å². The predicted molar refractivity (Wildman–Crippen MR) is 147 cm³/mol. The number of hydrogen-bond donors (Lipinski definition) is 1. The van der Waals surface area contributed by atoms with Gasteiger partial charge < -0.3 is 19.7 Å². The number of anilines is 1. The maximum atomic E-state index is 12.4. The number of benzene rings is 2. The Morgan fingerprint density at radius 1 is 1.19 bits per heavy atom. The molecule has 0 radical (unpaired) electrons. The number of carbonyl (C=O) groups is 1. The molecule has 2 aliphatic rings. The number of oxime groups is 2. The summed E-state index contributed by atoms with van der Waals surface area (Å²) in [4.78, 5) is 26.2. The minimum atomic E-state index is -0.341. The Balaban J connectivity index is 1.38. The molecule has 0 aromatic heterocycles. The summed E-state index contributed by atoms with van der Waals surface area (Å²) in [6.07, 6.45) is 4.13. The van der Waals surface area contributed by atoms with Gasteiger partial charge in [0.2, 0.25) is 0 Å². The van der Waals surface area contributed by atoms with Crippen LogP contribution in [0.4, 0.5) is 5.69 Å². The van der Waals surface area contributed by atoms with Crippen molar-refractivity contribution < 1.29 is 19.2 Å². The zero-order chi connectivity index (χ0) is 26.4. The van der Waals surface area contributed by atoms with Crippen LogP contribution in [0.15, 0.2) is 68.5 Å². The van der Waals surface area contributed by atoms with E-state index in [4.69, 9.17) is 14.4 Å². The lowest BCUT2D eigenvalue weighted by molar-refractivity contribution is -0.114. The van der Waals surface area contributed by atoms with Crippen molar-refractivity contribution >= 4 is 41.6 Å². The molecular formula is C26H30N6O4S. The molecule has 0 fully saturated rings. The monoisotopic (exact) mass is 522 g/mol. The van der Waals surface area contributed by atoms with Gasteiger partial charge in [-0.1, -0.05) is 40.3 Å². The van der Waals surface area contributed by atoms with E-state index < -0.39 is 0 Å². The van der Waals surface area contributed by atoms with Gasteiger partial charge in [0.1, 0.15) is 25.8 Å². The van der Waals surface area contributed by atoms with Gasteiger partial charge in [0, 0.05) is 41.4 Å². The number of carbonyl (C=O) groups excluding carboxylic acids is 1. The second-order valence-corrected chi connectivity index (χ2v) is 9.47. The molecule has 1 amide bonds. The van der Waals surface area contributed by atoms with Crippen LogP contribution in [0.25, 0.3) is 0 Å². The molecule has 0 aliphatic carbocycles. The van der Waals surface area contributed by atoms with Crippen molar-refractivity contribution in [3.63, 3.8) is 0 Å². The van der Waals surface area contributed by atoms with Crippen molar-refractivity contribution in [3.05, 3.63) is 69.8 Å². The van der Waals surface area contributed by atoms with E-state index in [0.717, 1.165) is 28.3 Å². The molecule has 2 aromatic rings. The minimum Gasteiger partial charge on any atom is -0.497 e. The fourth-order valence-corrected chi connectivity index (χ4v) is 5.31. The van der Waals surface area contributed by atoms with Crippen molar-refractivity contribution in [1.82, 2.24) is 10.3 Å². The molecule has 0 saturated heterocycles. The van der Waals surface area contributed by atoms with E-state index in [0.29, 0.717) is 12.0 Å². The predicted octanol–water partition coefficient (Wildman–Crippen LogP) is 4.02. The molecule has 4 rings (SSSR count). The fraction of sp³-hybridized carbons (Fsp3) is 0.308. The Hall–Kier alpha value is -3.99. The first-order valence-electron chi connectivity index (χ1n) is 11.7. The molecule has 1 N–H and O–H groups in total. The van der Waals surface area contributed by atoms with Crippen molar-refractivity contribution in [1.29, 1.82) is 0 Å². The van der Waals surface area contributed by atoms with Crippen LogP contribution in [-0.2, 0) is 21.1 Å². The summed E-state index contributed by atoms with van der Waals surface area (Å²) in [5.74, 6) is 0.474. The highest BCUT2D eigenvalue weighted by Gasteiger charge is 2.38. The minimum absolute atomic E-state index is 0.0239. The molecule has 1 unspecified atom stereocenters.